The van der Waals surface area contributed by atoms with Gasteiger partial charge in [0.05, 0.1) is 11.5 Å². The van der Waals surface area contributed by atoms with E-state index in [0.29, 0.717) is 24.3 Å². The molecule has 1 fully saturated rings. The number of benzene rings is 1. The summed E-state index contributed by atoms with van der Waals surface area (Å²) in [4.78, 5) is 24.8. The second kappa shape index (κ2) is 6.99. The lowest BCUT2D eigenvalue weighted by molar-refractivity contribution is -0.135. The molecule has 0 saturated carbocycles. The summed E-state index contributed by atoms with van der Waals surface area (Å²) in [5.41, 5.74) is 5.50. The summed E-state index contributed by atoms with van der Waals surface area (Å²) in [5.74, 6) is -0.212. The number of sulfone groups is 1. The quantitative estimate of drug-likeness (QED) is 0.796. The smallest absolute Gasteiger partial charge is 0.260 e. The van der Waals surface area contributed by atoms with Crippen molar-refractivity contribution < 1.29 is 22.7 Å². The number of hydrogen-bond acceptors (Lipinski definition) is 5. The Kier molecular flexibility index (Phi) is 5.25. The van der Waals surface area contributed by atoms with Gasteiger partial charge in [0.25, 0.3) is 5.91 Å². The van der Waals surface area contributed by atoms with Crippen LogP contribution in [0.4, 0.5) is 0 Å². The van der Waals surface area contributed by atoms with Gasteiger partial charge >= 0.3 is 0 Å². The van der Waals surface area contributed by atoms with Crippen LogP contribution in [0.5, 0.6) is 5.75 Å². The third kappa shape index (κ3) is 4.44. The summed E-state index contributed by atoms with van der Waals surface area (Å²) in [5, 5.41) is 0. The lowest BCUT2D eigenvalue weighted by Crippen LogP contribution is -2.43. The predicted octanol–water partition coefficient (Wildman–Crippen LogP) is 0.200. The van der Waals surface area contributed by atoms with Gasteiger partial charge in [0.1, 0.15) is 5.75 Å². The zero-order chi connectivity index (χ0) is 17.0. The Bertz CT molecular complexity index is 684. The molecule has 1 heterocycles. The van der Waals surface area contributed by atoms with Crippen LogP contribution < -0.4 is 10.5 Å². The summed E-state index contributed by atoms with van der Waals surface area (Å²) in [6.45, 7) is 2.06. The van der Waals surface area contributed by atoms with Crippen molar-refractivity contribution in [2.24, 2.45) is 5.73 Å². The molecule has 2 N–H and O–H groups in total. The zero-order valence-corrected chi connectivity index (χ0v) is 13.7. The first kappa shape index (κ1) is 17.3. The zero-order valence-electron chi connectivity index (χ0n) is 12.9. The summed E-state index contributed by atoms with van der Waals surface area (Å²) < 4.78 is 28.5. The lowest BCUT2D eigenvalue weighted by atomic mass is 10.2. The molecule has 1 unspecified atom stereocenters. The van der Waals surface area contributed by atoms with Crippen LogP contribution >= 0.6 is 0 Å². The SMILES string of the molecule is CCN(C(=O)COc1ccc(C(N)=O)cc1)C1CCS(=O)(=O)C1. The van der Waals surface area contributed by atoms with E-state index in [1.54, 1.807) is 17.0 Å². The van der Waals surface area contributed by atoms with Gasteiger partial charge in [-0.2, -0.15) is 0 Å². The van der Waals surface area contributed by atoms with Crippen molar-refractivity contribution in [3.63, 3.8) is 0 Å². The van der Waals surface area contributed by atoms with Gasteiger partial charge in [-0.05, 0) is 37.6 Å². The van der Waals surface area contributed by atoms with Crippen LogP contribution in [0.1, 0.15) is 23.7 Å². The van der Waals surface area contributed by atoms with Crippen molar-refractivity contribution in [2.75, 3.05) is 24.7 Å². The standard InChI is InChI=1S/C15H20N2O5S/c1-2-17(12-7-8-23(20,21)10-12)14(18)9-22-13-5-3-11(4-6-13)15(16)19/h3-6,12H,2,7-10H2,1H3,(H2,16,19). The number of nitrogens with two attached hydrogens (primary N) is 1. The van der Waals surface area contributed by atoms with Crippen molar-refractivity contribution in [3.05, 3.63) is 29.8 Å². The Morgan fingerprint density at radius 3 is 2.43 bits per heavy atom. The van der Waals surface area contributed by atoms with Gasteiger partial charge in [0, 0.05) is 18.2 Å². The molecule has 0 radical (unpaired) electrons. The Labute approximate surface area is 135 Å². The average Bonchev–Trinajstić information content (AvgIpc) is 2.86. The molecule has 0 spiro atoms. The monoisotopic (exact) mass is 340 g/mol. The molecule has 0 bridgehead atoms. The van der Waals surface area contributed by atoms with E-state index >= 15 is 0 Å². The Hall–Kier alpha value is -2.09. The predicted molar refractivity (Wildman–Crippen MR) is 84.9 cm³/mol. The molecule has 1 aromatic carbocycles. The minimum absolute atomic E-state index is 0.0138. The van der Waals surface area contributed by atoms with E-state index < -0.39 is 15.7 Å². The van der Waals surface area contributed by atoms with Crippen molar-refractivity contribution in [1.29, 1.82) is 0 Å². The van der Waals surface area contributed by atoms with Crippen LogP contribution in [-0.4, -0.2) is 55.8 Å². The Balaban J connectivity index is 1.93. The maximum absolute atomic E-state index is 12.3. The fourth-order valence-corrected chi connectivity index (χ4v) is 4.33. The lowest BCUT2D eigenvalue weighted by Gasteiger charge is -2.26. The number of rotatable bonds is 6. The van der Waals surface area contributed by atoms with Gasteiger partial charge in [-0.15, -0.1) is 0 Å². The van der Waals surface area contributed by atoms with Crippen LogP contribution in [0.25, 0.3) is 0 Å². The largest absolute Gasteiger partial charge is 0.484 e. The third-order valence-corrected chi connectivity index (χ3v) is 5.56. The van der Waals surface area contributed by atoms with E-state index in [-0.39, 0.29) is 30.1 Å². The van der Waals surface area contributed by atoms with Gasteiger partial charge in [-0.1, -0.05) is 0 Å². The minimum Gasteiger partial charge on any atom is -0.484 e. The van der Waals surface area contributed by atoms with Crippen molar-refractivity contribution in [2.45, 2.75) is 19.4 Å². The molecule has 7 nitrogen and oxygen atoms in total. The highest BCUT2D eigenvalue weighted by atomic mass is 32.2. The number of ether oxygens (including phenoxy) is 1. The molecule has 2 rings (SSSR count). The van der Waals surface area contributed by atoms with Gasteiger partial charge in [0.2, 0.25) is 5.91 Å². The highest BCUT2D eigenvalue weighted by Gasteiger charge is 2.33. The second-order valence-electron chi connectivity index (χ2n) is 5.41. The number of carbonyl (C=O) groups is 2. The maximum atomic E-state index is 12.3. The summed E-state index contributed by atoms with van der Waals surface area (Å²) in [7, 11) is -3.04. The molecule has 2 amide bonds. The molecular formula is C15H20N2O5S. The summed E-state index contributed by atoms with van der Waals surface area (Å²) in [6.07, 6.45) is 0.467. The van der Waals surface area contributed by atoms with Gasteiger partial charge in [-0.3, -0.25) is 9.59 Å². The first-order chi connectivity index (χ1) is 10.8. The summed E-state index contributed by atoms with van der Waals surface area (Å²) >= 11 is 0. The van der Waals surface area contributed by atoms with E-state index in [0.717, 1.165) is 0 Å². The van der Waals surface area contributed by atoms with Crippen molar-refractivity contribution >= 4 is 21.7 Å². The Morgan fingerprint density at radius 1 is 1.30 bits per heavy atom. The summed E-state index contributed by atoms with van der Waals surface area (Å²) in [6, 6.07) is 5.87. The topological polar surface area (TPSA) is 107 Å². The molecule has 1 saturated heterocycles. The van der Waals surface area contributed by atoms with Crippen LogP contribution in [0.2, 0.25) is 0 Å². The van der Waals surface area contributed by atoms with Crippen LogP contribution in [-0.2, 0) is 14.6 Å². The first-order valence-electron chi connectivity index (χ1n) is 7.35. The highest BCUT2D eigenvalue weighted by Crippen LogP contribution is 2.18. The molecule has 126 valence electrons. The molecule has 1 aliphatic rings. The number of hydrogen-bond donors (Lipinski definition) is 1. The van der Waals surface area contributed by atoms with E-state index in [9.17, 15) is 18.0 Å². The maximum Gasteiger partial charge on any atom is 0.260 e. The second-order valence-corrected chi connectivity index (χ2v) is 7.64. The number of carbonyl (C=O) groups excluding carboxylic acids is 2. The average molecular weight is 340 g/mol. The Morgan fingerprint density at radius 2 is 1.96 bits per heavy atom. The van der Waals surface area contributed by atoms with E-state index in [1.807, 2.05) is 6.92 Å². The normalized spacial score (nSPS) is 19.3. The van der Waals surface area contributed by atoms with Gasteiger partial charge in [-0.25, -0.2) is 8.42 Å². The molecule has 1 atom stereocenters. The molecule has 8 heteroatoms. The first-order valence-corrected chi connectivity index (χ1v) is 9.17. The third-order valence-electron chi connectivity index (χ3n) is 3.81. The molecule has 0 aliphatic carbocycles. The molecule has 1 aliphatic heterocycles. The minimum atomic E-state index is -3.04. The molecule has 1 aromatic rings. The molecule has 0 aromatic heterocycles. The molecular weight excluding hydrogens is 320 g/mol. The molecule has 23 heavy (non-hydrogen) atoms. The van der Waals surface area contributed by atoms with Gasteiger partial charge < -0.3 is 15.4 Å². The van der Waals surface area contributed by atoms with Crippen molar-refractivity contribution in [3.8, 4) is 5.75 Å². The van der Waals surface area contributed by atoms with Crippen molar-refractivity contribution in [1.82, 2.24) is 4.90 Å². The van der Waals surface area contributed by atoms with E-state index in [1.165, 1.54) is 12.1 Å². The number of likely N-dealkylation sites (N-methyl/N-ethyl adjacent to an activating group) is 1. The number of nitrogens with zero attached hydrogens (tertiary/aromatic N) is 1. The van der Waals surface area contributed by atoms with Crippen LogP contribution in [0, 0.1) is 0 Å². The van der Waals surface area contributed by atoms with Crippen LogP contribution in [0.15, 0.2) is 24.3 Å². The number of amides is 2. The fourth-order valence-electron chi connectivity index (χ4n) is 2.60. The van der Waals surface area contributed by atoms with Gasteiger partial charge in [0.15, 0.2) is 16.4 Å². The fraction of sp³-hybridized carbons (Fsp3) is 0.467. The van der Waals surface area contributed by atoms with E-state index in [2.05, 4.69) is 0 Å². The highest BCUT2D eigenvalue weighted by molar-refractivity contribution is 7.91. The van der Waals surface area contributed by atoms with Crippen LogP contribution in [0.3, 0.4) is 0 Å². The van der Waals surface area contributed by atoms with E-state index in [4.69, 9.17) is 10.5 Å². The number of primary amides is 1.